The number of guanidine groups is 1. The molecule has 7 nitrogen and oxygen atoms in total. The van der Waals surface area contributed by atoms with Gasteiger partial charge in [-0.15, -0.1) is 24.0 Å². The quantitative estimate of drug-likeness (QED) is 0.182. The van der Waals surface area contributed by atoms with Gasteiger partial charge in [-0.05, 0) is 32.9 Å². The Hall–Kier alpha value is -0.910. The Kier molecular flexibility index (Phi) is 13.7. The molecule has 0 aliphatic carbocycles. The Morgan fingerprint density at radius 3 is 2.37 bits per heavy atom. The molecule has 1 atom stereocenters. The second kappa shape index (κ2) is 14.1. The molecule has 0 fully saturated rings. The molecule has 0 heterocycles. The number of sulfonamides is 1. The SMILES string of the molecule is CCS(=O)(=O)NCCNC(=NC)NCCC(C)N(C)Cc1ccccc1.I. The number of rotatable bonds is 11. The molecule has 0 aliphatic rings. The minimum atomic E-state index is -3.14. The van der Waals surface area contributed by atoms with Crippen molar-refractivity contribution >= 4 is 40.0 Å². The van der Waals surface area contributed by atoms with Gasteiger partial charge >= 0.3 is 0 Å². The van der Waals surface area contributed by atoms with Crippen LogP contribution in [0.1, 0.15) is 25.8 Å². The summed E-state index contributed by atoms with van der Waals surface area (Å²) in [6, 6.07) is 10.9. The topological polar surface area (TPSA) is 85.8 Å². The lowest BCUT2D eigenvalue weighted by atomic mass is 10.1. The Morgan fingerprint density at radius 1 is 1.15 bits per heavy atom. The highest BCUT2D eigenvalue weighted by molar-refractivity contribution is 14.0. The van der Waals surface area contributed by atoms with E-state index < -0.39 is 10.0 Å². The van der Waals surface area contributed by atoms with Crippen LogP contribution in [-0.4, -0.2) is 64.8 Å². The van der Waals surface area contributed by atoms with Gasteiger partial charge in [0.2, 0.25) is 10.0 Å². The largest absolute Gasteiger partial charge is 0.356 e. The fourth-order valence-electron chi connectivity index (χ4n) is 2.36. The summed E-state index contributed by atoms with van der Waals surface area (Å²) in [5, 5.41) is 6.37. The first-order valence-electron chi connectivity index (χ1n) is 9.04. The second-order valence-corrected chi connectivity index (χ2v) is 8.36. The lowest BCUT2D eigenvalue weighted by Gasteiger charge is -2.25. The van der Waals surface area contributed by atoms with Crippen molar-refractivity contribution in [3.8, 4) is 0 Å². The van der Waals surface area contributed by atoms with E-state index in [0.717, 1.165) is 19.5 Å². The number of nitrogens with zero attached hydrogens (tertiary/aromatic N) is 2. The minimum absolute atomic E-state index is 0. The van der Waals surface area contributed by atoms with Gasteiger partial charge in [0.15, 0.2) is 5.96 Å². The van der Waals surface area contributed by atoms with Gasteiger partial charge in [-0.25, -0.2) is 13.1 Å². The second-order valence-electron chi connectivity index (χ2n) is 6.26. The maximum Gasteiger partial charge on any atom is 0.211 e. The zero-order valence-corrected chi connectivity index (χ0v) is 19.9. The number of halogens is 1. The highest BCUT2D eigenvalue weighted by Crippen LogP contribution is 2.07. The van der Waals surface area contributed by atoms with Crippen LogP contribution in [0.15, 0.2) is 35.3 Å². The average Bonchev–Trinajstić information content (AvgIpc) is 2.64. The van der Waals surface area contributed by atoms with Crippen LogP contribution < -0.4 is 15.4 Å². The van der Waals surface area contributed by atoms with E-state index in [-0.39, 0.29) is 29.7 Å². The molecule has 27 heavy (non-hydrogen) atoms. The van der Waals surface area contributed by atoms with Gasteiger partial charge < -0.3 is 10.6 Å². The van der Waals surface area contributed by atoms with Crippen LogP contribution in [-0.2, 0) is 16.6 Å². The molecule has 1 unspecified atom stereocenters. The standard InChI is InChI=1S/C18H33N5O2S.HI/c1-5-26(24,25)22-14-13-21-18(19-3)20-12-11-16(2)23(4)15-17-9-7-6-8-10-17;/h6-10,16,22H,5,11-15H2,1-4H3,(H2,19,20,21);1H. The monoisotopic (exact) mass is 511 g/mol. The summed E-state index contributed by atoms with van der Waals surface area (Å²) < 4.78 is 25.3. The van der Waals surface area contributed by atoms with Crippen molar-refractivity contribution in [2.75, 3.05) is 39.5 Å². The summed E-state index contributed by atoms with van der Waals surface area (Å²) in [6.45, 7) is 6.37. The van der Waals surface area contributed by atoms with Gasteiger partial charge in [-0.3, -0.25) is 9.89 Å². The van der Waals surface area contributed by atoms with Crippen molar-refractivity contribution in [1.29, 1.82) is 0 Å². The van der Waals surface area contributed by atoms with E-state index in [1.54, 1.807) is 14.0 Å². The maximum atomic E-state index is 11.4. The highest BCUT2D eigenvalue weighted by atomic mass is 127. The fourth-order valence-corrected chi connectivity index (χ4v) is 2.97. The highest BCUT2D eigenvalue weighted by Gasteiger charge is 2.10. The molecule has 9 heteroatoms. The van der Waals surface area contributed by atoms with Crippen molar-refractivity contribution in [1.82, 2.24) is 20.3 Å². The Balaban J connectivity index is 0.00000676. The number of hydrogen-bond acceptors (Lipinski definition) is 4. The van der Waals surface area contributed by atoms with E-state index in [1.165, 1.54) is 5.56 Å². The van der Waals surface area contributed by atoms with E-state index in [2.05, 4.69) is 63.5 Å². The molecular weight excluding hydrogens is 477 g/mol. The number of benzene rings is 1. The van der Waals surface area contributed by atoms with Crippen molar-refractivity contribution in [3.05, 3.63) is 35.9 Å². The number of aliphatic imine (C=N–C) groups is 1. The molecule has 0 aliphatic heterocycles. The molecular formula is C18H34IN5O2S. The third kappa shape index (κ3) is 11.5. The Morgan fingerprint density at radius 2 is 1.78 bits per heavy atom. The Labute approximate surface area is 181 Å². The van der Waals surface area contributed by atoms with Gasteiger partial charge in [0.1, 0.15) is 0 Å². The Bertz CT molecular complexity index is 640. The summed E-state index contributed by atoms with van der Waals surface area (Å²) in [7, 11) is 0.691. The first-order chi connectivity index (χ1) is 12.4. The van der Waals surface area contributed by atoms with Crippen LogP contribution in [0.3, 0.4) is 0 Å². The van der Waals surface area contributed by atoms with Crippen molar-refractivity contribution < 1.29 is 8.42 Å². The third-order valence-electron chi connectivity index (χ3n) is 4.22. The smallest absolute Gasteiger partial charge is 0.211 e. The van der Waals surface area contributed by atoms with E-state index in [0.29, 0.717) is 25.1 Å². The minimum Gasteiger partial charge on any atom is -0.356 e. The molecule has 0 radical (unpaired) electrons. The van der Waals surface area contributed by atoms with Crippen LogP contribution in [0.5, 0.6) is 0 Å². The molecule has 156 valence electrons. The van der Waals surface area contributed by atoms with Gasteiger partial charge in [0.05, 0.1) is 5.75 Å². The van der Waals surface area contributed by atoms with E-state index in [1.807, 2.05) is 6.07 Å². The van der Waals surface area contributed by atoms with Crippen LogP contribution in [0.4, 0.5) is 0 Å². The van der Waals surface area contributed by atoms with Crippen molar-refractivity contribution in [2.24, 2.45) is 4.99 Å². The first-order valence-corrected chi connectivity index (χ1v) is 10.7. The molecule has 0 amide bonds. The number of nitrogens with one attached hydrogen (secondary N) is 3. The van der Waals surface area contributed by atoms with Crippen LogP contribution >= 0.6 is 24.0 Å². The first kappa shape index (κ1) is 26.1. The molecule has 1 aromatic rings. The molecule has 0 bridgehead atoms. The summed E-state index contributed by atoms with van der Waals surface area (Å²) in [6.07, 6.45) is 0.979. The van der Waals surface area contributed by atoms with Gasteiger partial charge in [-0.2, -0.15) is 0 Å². The predicted octanol–water partition coefficient (Wildman–Crippen LogP) is 1.62. The number of hydrogen-bond donors (Lipinski definition) is 3. The van der Waals surface area contributed by atoms with E-state index in [9.17, 15) is 8.42 Å². The molecule has 1 aromatic carbocycles. The lowest BCUT2D eigenvalue weighted by molar-refractivity contribution is 0.238. The van der Waals surface area contributed by atoms with E-state index >= 15 is 0 Å². The summed E-state index contributed by atoms with van der Waals surface area (Å²) >= 11 is 0. The van der Waals surface area contributed by atoms with Crippen LogP contribution in [0.25, 0.3) is 0 Å². The predicted molar refractivity (Wildman–Crippen MR) is 124 cm³/mol. The van der Waals surface area contributed by atoms with Crippen molar-refractivity contribution in [2.45, 2.75) is 32.9 Å². The molecule has 3 N–H and O–H groups in total. The zero-order chi connectivity index (χ0) is 19.4. The van der Waals surface area contributed by atoms with Gasteiger partial charge in [-0.1, -0.05) is 30.3 Å². The normalized spacial score (nSPS) is 13.1. The molecule has 0 aromatic heterocycles. The molecule has 1 rings (SSSR count). The zero-order valence-electron chi connectivity index (χ0n) is 16.7. The average molecular weight is 511 g/mol. The van der Waals surface area contributed by atoms with Gasteiger partial charge in [0, 0.05) is 39.3 Å². The fraction of sp³-hybridized carbons (Fsp3) is 0.611. The van der Waals surface area contributed by atoms with E-state index in [4.69, 9.17) is 0 Å². The molecule has 0 spiro atoms. The van der Waals surface area contributed by atoms with Crippen LogP contribution in [0.2, 0.25) is 0 Å². The summed E-state index contributed by atoms with van der Waals surface area (Å²) in [4.78, 5) is 6.48. The molecule has 0 saturated carbocycles. The third-order valence-corrected chi connectivity index (χ3v) is 5.63. The lowest BCUT2D eigenvalue weighted by Crippen LogP contribution is -2.43. The van der Waals surface area contributed by atoms with Crippen molar-refractivity contribution in [3.63, 3.8) is 0 Å². The molecule has 0 saturated heterocycles. The van der Waals surface area contributed by atoms with Crippen LogP contribution in [0, 0.1) is 0 Å². The summed E-state index contributed by atoms with van der Waals surface area (Å²) in [5.74, 6) is 0.771. The van der Waals surface area contributed by atoms with Gasteiger partial charge in [0.25, 0.3) is 0 Å². The maximum absolute atomic E-state index is 11.4. The summed E-state index contributed by atoms with van der Waals surface area (Å²) in [5.41, 5.74) is 1.31.